The lowest BCUT2D eigenvalue weighted by Gasteiger charge is -2.15. The van der Waals surface area contributed by atoms with Gasteiger partial charge >= 0.3 is 0 Å². The summed E-state index contributed by atoms with van der Waals surface area (Å²) in [5.74, 6) is -0.144. The molecule has 0 spiro atoms. The Morgan fingerprint density at radius 2 is 1.70 bits per heavy atom. The monoisotopic (exact) mass is 581 g/mol. The average Bonchev–Trinajstić information content (AvgIpc) is 3.18. The molecule has 0 aromatic heterocycles. The molecule has 0 unspecified atom stereocenters. The van der Waals surface area contributed by atoms with Gasteiger partial charge in [0.05, 0.1) is 30.5 Å². The first kappa shape index (κ1) is 29.0. The Hall–Kier alpha value is -3.99. The number of carbonyl (C=O) groups is 3. The molecular weight excluding hydrogens is 554 g/mol. The maximum Gasteiger partial charge on any atom is 0.278 e. The Kier molecular flexibility index (Phi) is 9.70. The second kappa shape index (κ2) is 13.4. The maximum absolute atomic E-state index is 13.4. The van der Waals surface area contributed by atoms with Crippen LogP contribution in [0.4, 0.5) is 11.4 Å². The van der Waals surface area contributed by atoms with Crippen molar-refractivity contribution in [3.8, 4) is 11.5 Å². The topological polar surface area (TPSA) is 106 Å². The van der Waals surface area contributed by atoms with Crippen LogP contribution < -0.4 is 20.1 Å². The number of nitrogens with one attached hydrogen (secondary N) is 2. The zero-order valence-corrected chi connectivity index (χ0v) is 23.7. The average molecular weight is 582 g/mol. The summed E-state index contributed by atoms with van der Waals surface area (Å²) in [5, 5.41) is 6.28. The summed E-state index contributed by atoms with van der Waals surface area (Å²) in [5.41, 5.74) is 1.57. The molecule has 3 aromatic carbocycles. The molecule has 3 amide bonds. The van der Waals surface area contributed by atoms with Crippen LogP contribution in [0.3, 0.4) is 0 Å². The van der Waals surface area contributed by atoms with Crippen LogP contribution >= 0.6 is 23.4 Å². The van der Waals surface area contributed by atoms with Gasteiger partial charge in [-0.2, -0.15) is 0 Å². The number of hydrogen-bond donors (Lipinski definition) is 2. The molecule has 2 N–H and O–H groups in total. The summed E-state index contributed by atoms with van der Waals surface area (Å²) in [6, 6.07) is 18.9. The van der Waals surface area contributed by atoms with Crippen LogP contribution in [0, 0.1) is 0 Å². The van der Waals surface area contributed by atoms with E-state index in [0.29, 0.717) is 51.4 Å². The zero-order chi connectivity index (χ0) is 28.6. The SMILES string of the molecule is COCCCN1C(=O)C(Nc2ccc(OC)cc2OC)=C(Sc2ccc(NC(=O)c3ccccc3Cl)cc2)C1=O. The number of imide groups is 1. The van der Waals surface area contributed by atoms with E-state index in [9.17, 15) is 14.4 Å². The predicted molar refractivity (Wildman–Crippen MR) is 155 cm³/mol. The quantitative estimate of drug-likeness (QED) is 0.215. The summed E-state index contributed by atoms with van der Waals surface area (Å²) < 4.78 is 15.8. The number of anilines is 2. The molecular formula is C29H28ClN3O6S. The second-order valence-electron chi connectivity index (χ2n) is 8.56. The van der Waals surface area contributed by atoms with E-state index in [0.717, 1.165) is 11.8 Å². The minimum absolute atomic E-state index is 0.145. The molecule has 1 heterocycles. The van der Waals surface area contributed by atoms with Crippen LogP contribution in [0.15, 0.2) is 82.2 Å². The zero-order valence-electron chi connectivity index (χ0n) is 22.2. The molecule has 40 heavy (non-hydrogen) atoms. The first-order chi connectivity index (χ1) is 19.4. The van der Waals surface area contributed by atoms with Gasteiger partial charge in [0.1, 0.15) is 22.1 Å². The van der Waals surface area contributed by atoms with E-state index in [1.54, 1.807) is 80.9 Å². The van der Waals surface area contributed by atoms with E-state index < -0.39 is 11.8 Å². The van der Waals surface area contributed by atoms with Crippen LogP contribution in [0.5, 0.6) is 11.5 Å². The fourth-order valence-electron chi connectivity index (χ4n) is 3.93. The van der Waals surface area contributed by atoms with E-state index in [1.165, 1.54) is 12.0 Å². The van der Waals surface area contributed by atoms with Crippen molar-refractivity contribution < 1.29 is 28.6 Å². The molecule has 3 aromatic rings. The Balaban J connectivity index is 1.58. The Morgan fingerprint density at radius 1 is 0.950 bits per heavy atom. The highest BCUT2D eigenvalue weighted by Gasteiger charge is 2.39. The molecule has 0 bridgehead atoms. The number of rotatable bonds is 12. The van der Waals surface area contributed by atoms with Crippen molar-refractivity contribution in [3.63, 3.8) is 0 Å². The fraction of sp³-hybridized carbons (Fsp3) is 0.207. The van der Waals surface area contributed by atoms with E-state index in [1.807, 2.05) is 0 Å². The molecule has 208 valence electrons. The van der Waals surface area contributed by atoms with E-state index in [-0.39, 0.29) is 23.1 Å². The molecule has 9 nitrogen and oxygen atoms in total. The maximum atomic E-state index is 13.4. The van der Waals surface area contributed by atoms with Crippen molar-refractivity contribution in [2.45, 2.75) is 11.3 Å². The molecule has 0 aliphatic carbocycles. The number of ether oxygens (including phenoxy) is 3. The Morgan fingerprint density at radius 3 is 2.38 bits per heavy atom. The molecule has 11 heteroatoms. The number of thioether (sulfide) groups is 1. The van der Waals surface area contributed by atoms with Gasteiger partial charge < -0.3 is 24.8 Å². The van der Waals surface area contributed by atoms with Gasteiger partial charge in [0.25, 0.3) is 17.7 Å². The summed E-state index contributed by atoms with van der Waals surface area (Å²) in [4.78, 5) is 41.5. The smallest absolute Gasteiger partial charge is 0.278 e. The summed E-state index contributed by atoms with van der Waals surface area (Å²) in [6.07, 6.45) is 0.505. The van der Waals surface area contributed by atoms with E-state index in [2.05, 4.69) is 10.6 Å². The number of carbonyl (C=O) groups excluding carboxylic acids is 3. The Bertz CT molecular complexity index is 1440. The normalized spacial score (nSPS) is 13.1. The minimum Gasteiger partial charge on any atom is -0.497 e. The highest BCUT2D eigenvalue weighted by molar-refractivity contribution is 8.04. The van der Waals surface area contributed by atoms with Gasteiger partial charge in [-0.15, -0.1) is 0 Å². The van der Waals surface area contributed by atoms with E-state index in [4.69, 9.17) is 25.8 Å². The van der Waals surface area contributed by atoms with Crippen LogP contribution in [0.1, 0.15) is 16.8 Å². The number of hydrogen-bond acceptors (Lipinski definition) is 8. The van der Waals surface area contributed by atoms with Crippen molar-refractivity contribution in [2.75, 3.05) is 45.1 Å². The van der Waals surface area contributed by atoms with Gasteiger partial charge in [0.2, 0.25) is 0 Å². The highest BCUT2D eigenvalue weighted by Crippen LogP contribution is 2.38. The first-order valence-electron chi connectivity index (χ1n) is 12.3. The fourth-order valence-corrected chi connectivity index (χ4v) is 5.10. The Labute approximate surface area is 241 Å². The number of benzene rings is 3. The predicted octanol–water partition coefficient (Wildman–Crippen LogP) is 5.43. The number of methoxy groups -OCH3 is 3. The van der Waals surface area contributed by atoms with Gasteiger partial charge in [-0.05, 0) is 55.0 Å². The lowest BCUT2D eigenvalue weighted by molar-refractivity contribution is -0.137. The lowest BCUT2D eigenvalue weighted by Crippen LogP contribution is -2.33. The molecule has 1 aliphatic rings. The van der Waals surface area contributed by atoms with Crippen molar-refractivity contribution in [1.82, 2.24) is 4.90 Å². The molecule has 1 aliphatic heterocycles. The number of nitrogens with zero attached hydrogens (tertiary/aromatic N) is 1. The molecule has 0 radical (unpaired) electrons. The number of halogens is 1. The largest absolute Gasteiger partial charge is 0.497 e. The first-order valence-corrected chi connectivity index (χ1v) is 13.5. The molecule has 0 saturated heterocycles. The van der Waals surface area contributed by atoms with Gasteiger partial charge in [0, 0.05) is 36.9 Å². The third kappa shape index (κ3) is 6.59. The molecule has 0 fully saturated rings. The van der Waals surface area contributed by atoms with Crippen LogP contribution in [-0.4, -0.2) is 57.1 Å². The summed E-state index contributed by atoms with van der Waals surface area (Å²) >= 11 is 7.28. The van der Waals surface area contributed by atoms with Gasteiger partial charge in [-0.3, -0.25) is 19.3 Å². The van der Waals surface area contributed by atoms with Crippen molar-refractivity contribution in [2.24, 2.45) is 0 Å². The van der Waals surface area contributed by atoms with Crippen LogP contribution in [0.2, 0.25) is 5.02 Å². The third-order valence-corrected chi connectivity index (χ3v) is 7.39. The standard InChI is InChI=1S/C29H28ClN3O6S/c1-37-16-6-15-33-28(35)25(32-23-14-11-19(38-2)17-24(23)39-3)26(29(33)36)40-20-12-9-18(10-13-20)31-27(34)21-7-4-5-8-22(21)30/h4-5,7-14,17,32H,6,15-16H2,1-3H3,(H,31,34). The van der Waals surface area contributed by atoms with Crippen LogP contribution in [0.25, 0.3) is 0 Å². The van der Waals surface area contributed by atoms with Gasteiger partial charge in [-0.1, -0.05) is 35.5 Å². The van der Waals surface area contributed by atoms with Gasteiger partial charge in [0.15, 0.2) is 0 Å². The number of amides is 3. The summed E-state index contributed by atoms with van der Waals surface area (Å²) in [7, 11) is 4.62. The highest BCUT2D eigenvalue weighted by atomic mass is 35.5. The third-order valence-electron chi connectivity index (χ3n) is 5.97. The molecule has 4 rings (SSSR count). The van der Waals surface area contributed by atoms with E-state index >= 15 is 0 Å². The van der Waals surface area contributed by atoms with Crippen LogP contribution in [-0.2, 0) is 14.3 Å². The lowest BCUT2D eigenvalue weighted by atomic mass is 10.2. The molecule has 0 saturated carbocycles. The molecule has 0 atom stereocenters. The second-order valence-corrected chi connectivity index (χ2v) is 10.1. The van der Waals surface area contributed by atoms with Crippen molar-refractivity contribution in [3.05, 3.63) is 87.9 Å². The van der Waals surface area contributed by atoms with Crippen molar-refractivity contribution in [1.29, 1.82) is 0 Å². The summed E-state index contributed by atoms with van der Waals surface area (Å²) in [6.45, 7) is 0.628. The minimum atomic E-state index is -0.440. The van der Waals surface area contributed by atoms with Gasteiger partial charge in [-0.25, -0.2) is 0 Å². The van der Waals surface area contributed by atoms with Crippen molar-refractivity contribution >= 4 is 52.5 Å².